The minimum Gasteiger partial charge on any atom is -0.467 e. The lowest BCUT2D eigenvalue weighted by Gasteiger charge is -2.04. The molecule has 21 heavy (non-hydrogen) atoms. The summed E-state index contributed by atoms with van der Waals surface area (Å²) in [6, 6.07) is 6.87. The minimum atomic E-state index is -0.542. The van der Waals surface area contributed by atoms with E-state index < -0.39 is 11.8 Å². The zero-order chi connectivity index (χ0) is 15.1. The van der Waals surface area contributed by atoms with Crippen molar-refractivity contribution >= 4 is 11.8 Å². The zero-order valence-corrected chi connectivity index (χ0v) is 11.2. The Morgan fingerprint density at radius 1 is 1.05 bits per heavy atom. The molecule has 0 saturated carbocycles. The third-order valence-electron chi connectivity index (χ3n) is 2.57. The lowest BCUT2D eigenvalue weighted by atomic mass is 10.3. The van der Waals surface area contributed by atoms with Crippen molar-refractivity contribution in [2.24, 2.45) is 5.73 Å². The molecule has 0 radical (unpaired) electrons. The number of nitrogens with one attached hydrogen (secondary N) is 2. The number of hydrogen-bond donors (Lipinski definition) is 3. The van der Waals surface area contributed by atoms with Gasteiger partial charge >= 0.3 is 0 Å². The molecule has 7 heteroatoms. The summed E-state index contributed by atoms with van der Waals surface area (Å²) in [5, 5.41) is 5.09. The molecule has 0 fully saturated rings. The van der Waals surface area contributed by atoms with Crippen molar-refractivity contribution < 1.29 is 18.4 Å². The fraction of sp³-hybridized carbons (Fsp3) is 0.143. The van der Waals surface area contributed by atoms with E-state index in [4.69, 9.17) is 14.6 Å². The second kappa shape index (κ2) is 6.99. The summed E-state index contributed by atoms with van der Waals surface area (Å²) < 4.78 is 10.1. The highest BCUT2D eigenvalue weighted by Crippen LogP contribution is 2.00. The van der Waals surface area contributed by atoms with Gasteiger partial charge in [0.15, 0.2) is 0 Å². The maximum Gasteiger partial charge on any atom is 0.267 e. The minimum absolute atomic E-state index is 0.182. The molecule has 0 aliphatic rings. The number of carbonyl (C=O) groups is 2. The molecule has 2 heterocycles. The molecule has 4 N–H and O–H groups in total. The van der Waals surface area contributed by atoms with Crippen LogP contribution in [0.15, 0.2) is 57.4 Å². The highest BCUT2D eigenvalue weighted by atomic mass is 16.3. The fourth-order valence-corrected chi connectivity index (χ4v) is 1.53. The van der Waals surface area contributed by atoms with Gasteiger partial charge in [0.2, 0.25) is 5.91 Å². The maximum atomic E-state index is 11.7. The van der Waals surface area contributed by atoms with Crippen LogP contribution in [0.4, 0.5) is 0 Å². The Balaban J connectivity index is 1.78. The molecule has 0 aliphatic heterocycles. The highest BCUT2D eigenvalue weighted by molar-refractivity contribution is 6.00. The monoisotopic (exact) mass is 289 g/mol. The maximum absolute atomic E-state index is 11.7. The van der Waals surface area contributed by atoms with Crippen LogP contribution in [0.2, 0.25) is 0 Å². The topological polar surface area (TPSA) is 111 Å². The van der Waals surface area contributed by atoms with Crippen molar-refractivity contribution in [2.45, 2.75) is 13.1 Å². The first-order chi connectivity index (χ1) is 10.1. The van der Waals surface area contributed by atoms with E-state index in [0.29, 0.717) is 11.5 Å². The van der Waals surface area contributed by atoms with Gasteiger partial charge < -0.3 is 25.2 Å². The number of rotatable bonds is 6. The molecule has 0 atom stereocenters. The second-order valence-corrected chi connectivity index (χ2v) is 4.16. The second-order valence-electron chi connectivity index (χ2n) is 4.16. The van der Waals surface area contributed by atoms with E-state index in [9.17, 15) is 9.59 Å². The number of amides is 2. The van der Waals surface area contributed by atoms with Crippen LogP contribution in [0.1, 0.15) is 11.5 Å². The SMILES string of the molecule is N/C(=C/C(=O)NCc1ccco1)C(=O)NCc1ccco1. The molecule has 2 rings (SSSR count). The van der Waals surface area contributed by atoms with Crippen molar-refractivity contribution in [1.29, 1.82) is 0 Å². The van der Waals surface area contributed by atoms with Crippen molar-refractivity contribution in [1.82, 2.24) is 10.6 Å². The standard InChI is InChI=1S/C14H15N3O4/c15-12(14(19)17-9-11-4-2-6-21-11)7-13(18)16-8-10-3-1-5-20-10/h1-7H,8-9,15H2,(H,16,18)(H,17,19)/b12-7+. The van der Waals surface area contributed by atoms with Crippen LogP contribution < -0.4 is 16.4 Å². The first kappa shape index (κ1) is 14.4. The van der Waals surface area contributed by atoms with Gasteiger partial charge in [-0.1, -0.05) is 0 Å². The van der Waals surface area contributed by atoms with Crippen molar-refractivity contribution in [3.63, 3.8) is 0 Å². The van der Waals surface area contributed by atoms with Crippen LogP contribution >= 0.6 is 0 Å². The summed E-state index contributed by atoms with van der Waals surface area (Å²) in [6.45, 7) is 0.429. The average molecular weight is 289 g/mol. The first-order valence-electron chi connectivity index (χ1n) is 6.23. The molecule has 0 aliphatic carbocycles. The Morgan fingerprint density at radius 2 is 1.62 bits per heavy atom. The number of nitrogens with two attached hydrogens (primary N) is 1. The number of furan rings is 2. The predicted molar refractivity (Wildman–Crippen MR) is 73.4 cm³/mol. The van der Waals surface area contributed by atoms with Gasteiger partial charge in [0, 0.05) is 6.08 Å². The van der Waals surface area contributed by atoms with Crippen LogP contribution in [-0.4, -0.2) is 11.8 Å². The number of hydrogen-bond acceptors (Lipinski definition) is 5. The van der Waals surface area contributed by atoms with E-state index >= 15 is 0 Å². The number of carbonyl (C=O) groups excluding carboxylic acids is 2. The van der Waals surface area contributed by atoms with Gasteiger partial charge in [0.1, 0.15) is 17.2 Å². The quantitative estimate of drug-likeness (QED) is 0.676. The molecule has 0 saturated heterocycles. The van der Waals surface area contributed by atoms with E-state index in [2.05, 4.69) is 10.6 Å². The summed E-state index contributed by atoms with van der Waals surface area (Å²) in [5.41, 5.74) is 5.36. The molecular formula is C14H15N3O4. The van der Waals surface area contributed by atoms with E-state index in [1.54, 1.807) is 24.3 Å². The van der Waals surface area contributed by atoms with Crippen molar-refractivity contribution in [2.75, 3.05) is 0 Å². The molecular weight excluding hydrogens is 274 g/mol. The molecule has 0 aromatic carbocycles. The van der Waals surface area contributed by atoms with Gasteiger partial charge in [-0.2, -0.15) is 0 Å². The normalized spacial score (nSPS) is 11.1. The Bertz CT molecular complexity index is 615. The van der Waals surface area contributed by atoms with Crippen LogP contribution in [-0.2, 0) is 22.7 Å². The Morgan fingerprint density at radius 3 is 2.14 bits per heavy atom. The van der Waals surface area contributed by atoms with E-state index in [1.165, 1.54) is 12.5 Å². The Kier molecular flexibility index (Phi) is 4.81. The molecule has 2 aromatic heterocycles. The van der Waals surface area contributed by atoms with Crippen LogP contribution in [0.5, 0.6) is 0 Å². The molecule has 2 aromatic rings. The van der Waals surface area contributed by atoms with Gasteiger partial charge in [-0.25, -0.2) is 0 Å². The van der Waals surface area contributed by atoms with Gasteiger partial charge in [0.25, 0.3) is 5.91 Å². The first-order valence-corrected chi connectivity index (χ1v) is 6.23. The Hall–Kier alpha value is -2.96. The highest BCUT2D eigenvalue weighted by Gasteiger charge is 2.08. The lowest BCUT2D eigenvalue weighted by Crippen LogP contribution is -2.30. The van der Waals surface area contributed by atoms with Gasteiger partial charge in [-0.3, -0.25) is 9.59 Å². The van der Waals surface area contributed by atoms with E-state index in [1.807, 2.05) is 0 Å². The largest absolute Gasteiger partial charge is 0.467 e. The Labute approximate surface area is 120 Å². The smallest absolute Gasteiger partial charge is 0.267 e. The molecule has 110 valence electrons. The summed E-state index contributed by atoms with van der Waals surface area (Å²) >= 11 is 0. The summed E-state index contributed by atoms with van der Waals surface area (Å²) in [5.74, 6) is 0.188. The molecule has 0 spiro atoms. The summed E-state index contributed by atoms with van der Waals surface area (Å²) in [6.07, 6.45) is 4.04. The predicted octanol–water partition coefficient (Wildman–Crippen LogP) is 0.648. The van der Waals surface area contributed by atoms with Gasteiger partial charge in [-0.15, -0.1) is 0 Å². The average Bonchev–Trinajstić information content (AvgIpc) is 3.15. The molecule has 2 amide bonds. The molecule has 0 unspecified atom stereocenters. The van der Waals surface area contributed by atoms with Crippen LogP contribution in [0, 0.1) is 0 Å². The zero-order valence-electron chi connectivity index (χ0n) is 11.2. The third kappa shape index (κ3) is 4.57. The van der Waals surface area contributed by atoms with Gasteiger partial charge in [-0.05, 0) is 24.3 Å². The summed E-state index contributed by atoms with van der Waals surface area (Å²) in [7, 11) is 0. The van der Waals surface area contributed by atoms with Crippen LogP contribution in [0.25, 0.3) is 0 Å². The third-order valence-corrected chi connectivity index (χ3v) is 2.57. The fourth-order valence-electron chi connectivity index (χ4n) is 1.53. The molecule has 7 nitrogen and oxygen atoms in total. The summed E-state index contributed by atoms with van der Waals surface area (Å²) in [4.78, 5) is 23.2. The van der Waals surface area contributed by atoms with Crippen molar-refractivity contribution in [3.05, 3.63) is 60.1 Å². The molecule has 0 bridgehead atoms. The van der Waals surface area contributed by atoms with Gasteiger partial charge in [0.05, 0.1) is 25.6 Å². The van der Waals surface area contributed by atoms with Crippen LogP contribution in [0.3, 0.4) is 0 Å². The van der Waals surface area contributed by atoms with E-state index in [0.717, 1.165) is 6.08 Å². The van der Waals surface area contributed by atoms with Crippen molar-refractivity contribution in [3.8, 4) is 0 Å². The van der Waals surface area contributed by atoms with E-state index in [-0.39, 0.29) is 18.8 Å². The lowest BCUT2D eigenvalue weighted by molar-refractivity contribution is -0.119.